The first-order chi connectivity index (χ1) is 19.6. The van der Waals surface area contributed by atoms with Gasteiger partial charge in [0.25, 0.3) is 0 Å². The van der Waals surface area contributed by atoms with E-state index in [1.165, 1.54) is 16.2 Å². The van der Waals surface area contributed by atoms with Gasteiger partial charge in [-0.15, -0.1) is 0 Å². The fraction of sp³-hybridized carbons (Fsp3) is 0.125. The molecule has 194 valence electrons. The molecule has 4 aliphatic rings. The number of fused-ring (bicyclic) bond motifs is 1. The average Bonchev–Trinajstić information content (AvgIpc) is 3.52. The van der Waals surface area contributed by atoms with Gasteiger partial charge in [-0.3, -0.25) is 15.0 Å². The lowest BCUT2D eigenvalue weighted by atomic mass is 9.47. The van der Waals surface area contributed by atoms with Crippen LogP contribution in [0.3, 0.4) is 0 Å². The van der Waals surface area contributed by atoms with Gasteiger partial charge in [-0.2, -0.15) is 5.10 Å². The van der Waals surface area contributed by atoms with Gasteiger partial charge in [-0.25, -0.2) is 9.88 Å². The normalized spacial score (nSPS) is 24.4. The number of nitrogens with one attached hydrogen (secondary N) is 1. The van der Waals surface area contributed by atoms with E-state index < -0.39 is 17.3 Å². The number of imide groups is 1. The maximum Gasteiger partial charge on any atom is 0.239 e. The topological polar surface area (TPSA) is 74.7 Å². The molecule has 8 heteroatoms. The summed E-state index contributed by atoms with van der Waals surface area (Å²) in [6.07, 6.45) is 1.82. The van der Waals surface area contributed by atoms with Crippen LogP contribution in [0.1, 0.15) is 28.2 Å². The van der Waals surface area contributed by atoms with Crippen LogP contribution in [0.5, 0.6) is 0 Å². The second-order valence-electron chi connectivity index (χ2n) is 10.3. The number of halogens is 1. The van der Waals surface area contributed by atoms with E-state index in [0.717, 1.165) is 32.5 Å². The van der Waals surface area contributed by atoms with Gasteiger partial charge in [0.05, 0.1) is 38.2 Å². The Labute approximate surface area is 238 Å². The van der Waals surface area contributed by atoms with E-state index in [4.69, 9.17) is 16.7 Å². The molecule has 2 atom stereocenters. The molecule has 9 rings (SSSR count). The number of anilines is 2. The van der Waals surface area contributed by atoms with Crippen molar-refractivity contribution in [3.8, 4) is 0 Å². The van der Waals surface area contributed by atoms with E-state index >= 15 is 0 Å². The van der Waals surface area contributed by atoms with E-state index in [1.54, 1.807) is 24.3 Å². The summed E-state index contributed by atoms with van der Waals surface area (Å²) < 4.78 is 1.05. The Morgan fingerprint density at radius 1 is 0.850 bits per heavy atom. The molecule has 1 saturated heterocycles. The summed E-state index contributed by atoms with van der Waals surface area (Å²) in [5.74, 6) is -1.99. The standard InChI is InChI=1S/C32H21ClN4O2S/c33-22-13-5-7-15-24(22)37-29(38)27-26-18-9-1-3-11-20(18)32(28(27)30(37)39,21-12-4-2-10-19(21)26)17-34-36-31-35-23-14-6-8-16-25(23)40-31/h1-17,26-28H,(H,35,36)/b34-17+. The third-order valence-electron chi connectivity index (χ3n) is 8.50. The number of benzene rings is 4. The molecule has 2 unspecified atom stereocenters. The Morgan fingerprint density at radius 2 is 1.50 bits per heavy atom. The third kappa shape index (κ3) is 3.04. The van der Waals surface area contributed by atoms with Crippen LogP contribution in [-0.2, 0) is 15.0 Å². The zero-order chi connectivity index (χ0) is 27.0. The summed E-state index contributed by atoms with van der Waals surface area (Å²) in [6, 6.07) is 31.2. The maximum atomic E-state index is 14.4. The smallest absolute Gasteiger partial charge is 0.239 e. The maximum absolute atomic E-state index is 14.4. The Balaban J connectivity index is 1.33. The number of rotatable bonds is 4. The molecule has 5 aromatic rings. The quantitative estimate of drug-likeness (QED) is 0.153. The number of nitrogens with zero attached hydrogens (tertiary/aromatic N) is 3. The zero-order valence-electron chi connectivity index (χ0n) is 21.0. The van der Waals surface area contributed by atoms with Gasteiger partial charge in [-0.05, 0) is 46.5 Å². The van der Waals surface area contributed by atoms with E-state index in [1.807, 2.05) is 54.7 Å². The molecule has 1 aromatic heterocycles. The lowest BCUT2D eigenvalue weighted by Crippen LogP contribution is -2.54. The lowest BCUT2D eigenvalue weighted by molar-refractivity contribution is -0.122. The number of hydrogen-bond acceptors (Lipinski definition) is 6. The summed E-state index contributed by atoms with van der Waals surface area (Å²) in [6.45, 7) is 0. The fourth-order valence-corrected chi connectivity index (χ4v) is 8.07. The highest BCUT2D eigenvalue weighted by atomic mass is 35.5. The molecule has 1 aliphatic heterocycles. The zero-order valence-corrected chi connectivity index (χ0v) is 22.6. The van der Waals surface area contributed by atoms with E-state index in [0.29, 0.717) is 15.8 Å². The first-order valence-corrected chi connectivity index (χ1v) is 14.3. The second-order valence-corrected chi connectivity index (χ2v) is 11.8. The molecule has 0 spiro atoms. The number of thiazole rings is 1. The number of amides is 2. The molecule has 2 bridgehead atoms. The van der Waals surface area contributed by atoms with Gasteiger partial charge < -0.3 is 0 Å². The van der Waals surface area contributed by atoms with Gasteiger partial charge in [0.15, 0.2) is 0 Å². The van der Waals surface area contributed by atoms with Crippen LogP contribution < -0.4 is 10.3 Å². The van der Waals surface area contributed by atoms with Crippen molar-refractivity contribution in [1.29, 1.82) is 0 Å². The summed E-state index contributed by atoms with van der Waals surface area (Å²) in [5.41, 5.74) is 7.57. The Morgan fingerprint density at radius 3 is 2.23 bits per heavy atom. The molecular formula is C32H21ClN4O2S. The van der Waals surface area contributed by atoms with Crippen LogP contribution >= 0.6 is 22.9 Å². The van der Waals surface area contributed by atoms with Crippen LogP contribution in [0.4, 0.5) is 10.8 Å². The largest absolute Gasteiger partial charge is 0.274 e. The molecule has 1 N–H and O–H groups in total. The molecular weight excluding hydrogens is 540 g/mol. The van der Waals surface area contributed by atoms with Gasteiger partial charge in [0, 0.05) is 12.1 Å². The average molecular weight is 561 g/mol. The fourth-order valence-electron chi connectivity index (χ4n) is 7.03. The minimum atomic E-state index is -0.959. The molecule has 40 heavy (non-hydrogen) atoms. The SMILES string of the molecule is O=C1C2C3c4ccccc4C(/C=N/Nc4nc5ccccc5s4)(c4ccccc43)C2C(=O)N1c1ccccc1Cl. The molecule has 0 radical (unpaired) electrons. The van der Waals surface area contributed by atoms with Crippen molar-refractivity contribution < 1.29 is 9.59 Å². The van der Waals surface area contributed by atoms with Gasteiger partial charge in [0.1, 0.15) is 0 Å². The van der Waals surface area contributed by atoms with E-state index in [-0.39, 0.29) is 17.7 Å². The number of hydrazone groups is 1. The number of hydrogen-bond donors (Lipinski definition) is 1. The highest BCUT2D eigenvalue weighted by molar-refractivity contribution is 7.22. The Hall–Kier alpha value is -4.33. The third-order valence-corrected chi connectivity index (χ3v) is 9.76. The molecule has 4 aromatic carbocycles. The van der Waals surface area contributed by atoms with Crippen LogP contribution in [-0.4, -0.2) is 23.0 Å². The lowest BCUT2D eigenvalue weighted by Gasteiger charge is -2.52. The molecule has 2 amide bonds. The van der Waals surface area contributed by atoms with Crippen molar-refractivity contribution >= 4 is 62.0 Å². The van der Waals surface area contributed by atoms with Crippen molar-refractivity contribution in [3.63, 3.8) is 0 Å². The molecule has 3 aliphatic carbocycles. The summed E-state index contributed by atoms with van der Waals surface area (Å²) in [7, 11) is 0. The first-order valence-electron chi connectivity index (χ1n) is 13.1. The van der Waals surface area contributed by atoms with Gasteiger partial charge in [0.2, 0.25) is 16.9 Å². The van der Waals surface area contributed by atoms with Crippen molar-refractivity contribution in [2.24, 2.45) is 16.9 Å². The monoisotopic (exact) mass is 560 g/mol. The number of aromatic nitrogens is 1. The van der Waals surface area contributed by atoms with Crippen LogP contribution in [0, 0.1) is 11.8 Å². The molecule has 1 fully saturated rings. The Kier molecular flexibility index (Phi) is 5.05. The van der Waals surface area contributed by atoms with Crippen LogP contribution in [0.15, 0.2) is 102 Å². The van der Waals surface area contributed by atoms with Gasteiger partial charge >= 0.3 is 0 Å². The number of para-hydroxylation sites is 2. The summed E-state index contributed by atoms with van der Waals surface area (Å²) >= 11 is 8.04. The summed E-state index contributed by atoms with van der Waals surface area (Å²) in [4.78, 5) is 34.6. The highest BCUT2D eigenvalue weighted by Crippen LogP contribution is 2.63. The number of carbonyl (C=O) groups is 2. The predicted octanol–water partition coefficient (Wildman–Crippen LogP) is 6.60. The number of carbonyl (C=O) groups excluding carboxylic acids is 2. The van der Waals surface area contributed by atoms with Crippen LogP contribution in [0.25, 0.3) is 10.2 Å². The highest BCUT2D eigenvalue weighted by Gasteiger charge is 2.68. The second kappa shape index (κ2) is 8.58. The van der Waals surface area contributed by atoms with Gasteiger partial charge in [-0.1, -0.05) is 95.7 Å². The van der Waals surface area contributed by atoms with Crippen molar-refractivity contribution in [3.05, 3.63) is 124 Å². The molecule has 2 heterocycles. The van der Waals surface area contributed by atoms with E-state index in [2.05, 4.69) is 34.7 Å². The van der Waals surface area contributed by atoms with Crippen LogP contribution in [0.2, 0.25) is 5.02 Å². The van der Waals surface area contributed by atoms with Crippen molar-refractivity contribution in [2.45, 2.75) is 11.3 Å². The minimum absolute atomic E-state index is 0.228. The molecule has 0 saturated carbocycles. The van der Waals surface area contributed by atoms with E-state index in [9.17, 15) is 9.59 Å². The van der Waals surface area contributed by atoms with Crippen molar-refractivity contribution in [1.82, 2.24) is 4.98 Å². The summed E-state index contributed by atoms with van der Waals surface area (Å²) in [5, 5.41) is 5.75. The molecule has 6 nitrogen and oxygen atoms in total. The Bertz CT molecular complexity index is 1820. The predicted molar refractivity (Wildman–Crippen MR) is 158 cm³/mol. The first kappa shape index (κ1) is 23.5. The minimum Gasteiger partial charge on any atom is -0.274 e. The van der Waals surface area contributed by atoms with Crippen molar-refractivity contribution in [2.75, 3.05) is 10.3 Å².